The van der Waals surface area contributed by atoms with Crippen LogP contribution in [0, 0.1) is 5.82 Å². The van der Waals surface area contributed by atoms with Crippen molar-refractivity contribution in [1.82, 2.24) is 0 Å². The Labute approximate surface area is 259 Å². The fourth-order valence-electron chi connectivity index (χ4n) is 5.77. The zero-order chi connectivity index (χ0) is 30.8. The van der Waals surface area contributed by atoms with Crippen molar-refractivity contribution in [3.63, 3.8) is 0 Å². The second-order valence-electron chi connectivity index (χ2n) is 11.3. The summed E-state index contributed by atoms with van der Waals surface area (Å²) in [4.78, 5) is 25.1. The second kappa shape index (κ2) is 12.6. The van der Waals surface area contributed by atoms with E-state index in [1.165, 1.54) is 13.2 Å². The molecule has 3 aromatic rings. The summed E-state index contributed by atoms with van der Waals surface area (Å²) in [6, 6.07) is 15.0. The van der Waals surface area contributed by atoms with Gasteiger partial charge in [-0.1, -0.05) is 23.7 Å². The Bertz CT molecular complexity index is 1560. The molecule has 0 aromatic heterocycles. The van der Waals surface area contributed by atoms with Crippen LogP contribution in [-0.2, 0) is 24.8 Å². The smallest absolute Gasteiger partial charge is 0.337 e. The van der Waals surface area contributed by atoms with E-state index in [0.29, 0.717) is 53.0 Å². The number of fused-ring (bicyclic) bond motifs is 1. The first-order valence-electron chi connectivity index (χ1n) is 14.7. The van der Waals surface area contributed by atoms with Crippen LogP contribution in [0.25, 0.3) is 0 Å². The molecule has 0 aliphatic carbocycles. The highest BCUT2D eigenvalue weighted by Crippen LogP contribution is 2.49. The summed E-state index contributed by atoms with van der Waals surface area (Å²) in [7, 11) is 1.33. The third-order valence-electron chi connectivity index (χ3n) is 8.28. The molecule has 9 nitrogen and oxygen atoms in total. The van der Waals surface area contributed by atoms with Crippen molar-refractivity contribution >= 4 is 34.9 Å². The van der Waals surface area contributed by atoms with Gasteiger partial charge in [-0.2, -0.15) is 0 Å². The third-order valence-corrected chi connectivity index (χ3v) is 8.52. The Kier molecular flexibility index (Phi) is 8.66. The fourth-order valence-corrected chi connectivity index (χ4v) is 5.93. The van der Waals surface area contributed by atoms with E-state index in [-0.39, 0.29) is 36.0 Å². The van der Waals surface area contributed by atoms with E-state index in [0.717, 1.165) is 25.0 Å². The maximum absolute atomic E-state index is 14.8. The lowest BCUT2D eigenvalue weighted by Crippen LogP contribution is -2.34. The van der Waals surface area contributed by atoms with Crippen LogP contribution in [0.2, 0.25) is 5.02 Å². The highest BCUT2D eigenvalue weighted by molar-refractivity contribution is 6.30. The summed E-state index contributed by atoms with van der Waals surface area (Å²) in [5, 5.41) is 6.54. The second-order valence-corrected chi connectivity index (χ2v) is 11.8. The van der Waals surface area contributed by atoms with Gasteiger partial charge in [0.15, 0.2) is 11.5 Å². The summed E-state index contributed by atoms with van der Waals surface area (Å²) in [6.07, 6.45) is 2.40. The number of hydrogen-bond acceptors (Lipinski definition) is 8. The van der Waals surface area contributed by atoms with Crippen molar-refractivity contribution in [2.45, 2.75) is 56.5 Å². The molecule has 11 heteroatoms. The Morgan fingerprint density at radius 3 is 2.57 bits per heavy atom. The van der Waals surface area contributed by atoms with Crippen LogP contribution in [0.15, 0.2) is 54.6 Å². The normalized spacial score (nSPS) is 23.9. The fraction of sp³-hybridized carbons (Fsp3) is 0.394. The van der Waals surface area contributed by atoms with Gasteiger partial charge >= 0.3 is 5.97 Å². The van der Waals surface area contributed by atoms with Crippen LogP contribution < -0.4 is 20.1 Å². The third kappa shape index (κ3) is 6.33. The number of halogens is 2. The van der Waals surface area contributed by atoms with Crippen LogP contribution in [0.4, 0.5) is 15.8 Å². The standard InChI is InChI=1S/C33H34ClFN2O7/c1-33(25-10-8-21(34)15-26(25)35)43-29-5-3-4-24(31(29)44-33)20-6-9-22(42-18-20)16-30(38)37-27-11-7-19(32(39)40-2)14-28(27)36-17-23-12-13-41-23/h3-5,7-8,10-11,14-15,20,22-23,36H,6,9,12-13,16-18H2,1-2H3,(H,37,38)/t20?,22?,23-,33?/m0/s1. The van der Waals surface area contributed by atoms with Gasteiger partial charge in [0.1, 0.15) is 5.82 Å². The minimum absolute atomic E-state index is 0.0145. The lowest BCUT2D eigenvalue weighted by Gasteiger charge is -2.30. The summed E-state index contributed by atoms with van der Waals surface area (Å²) in [5.41, 5.74) is 2.73. The molecular formula is C33H34ClFN2O7. The Hall–Kier alpha value is -3.86. The van der Waals surface area contributed by atoms with Crippen LogP contribution in [0.3, 0.4) is 0 Å². The topological polar surface area (TPSA) is 104 Å². The average molecular weight is 625 g/mol. The van der Waals surface area contributed by atoms with Gasteiger partial charge in [-0.3, -0.25) is 4.79 Å². The predicted molar refractivity (Wildman–Crippen MR) is 162 cm³/mol. The number of para-hydroxylation sites is 1. The van der Waals surface area contributed by atoms with Gasteiger partial charge in [-0.25, -0.2) is 9.18 Å². The summed E-state index contributed by atoms with van der Waals surface area (Å²) >= 11 is 5.94. The molecule has 0 bridgehead atoms. The van der Waals surface area contributed by atoms with E-state index in [1.807, 2.05) is 12.1 Å². The van der Waals surface area contributed by atoms with Crippen LogP contribution in [0.5, 0.6) is 11.5 Å². The number of carbonyl (C=O) groups is 2. The molecule has 1 amide bonds. The number of ether oxygens (including phenoxy) is 5. The van der Waals surface area contributed by atoms with Crippen molar-refractivity contribution in [3.8, 4) is 11.5 Å². The largest absolute Gasteiger partial charge is 0.465 e. The lowest BCUT2D eigenvalue weighted by atomic mass is 9.89. The molecule has 0 saturated carbocycles. The SMILES string of the molecule is COC(=O)c1ccc(NC(=O)CC2CCC(c3cccc4c3OC(C)(c3ccc(Cl)cc3F)O4)CO2)c(NC[C@@H]2CCO2)c1. The first kappa shape index (κ1) is 30.2. The van der Waals surface area contributed by atoms with Gasteiger partial charge in [0.2, 0.25) is 5.91 Å². The van der Waals surface area contributed by atoms with Crippen molar-refractivity contribution in [2.24, 2.45) is 0 Å². The van der Waals surface area contributed by atoms with Gasteiger partial charge in [0.05, 0.1) is 54.8 Å². The molecule has 6 rings (SSSR count). The first-order valence-corrected chi connectivity index (χ1v) is 15.1. The number of carbonyl (C=O) groups excluding carboxylic acids is 2. The number of hydrogen-bond donors (Lipinski definition) is 2. The molecule has 2 fully saturated rings. The maximum Gasteiger partial charge on any atom is 0.337 e. The van der Waals surface area contributed by atoms with Crippen molar-refractivity contribution < 1.29 is 37.7 Å². The molecule has 44 heavy (non-hydrogen) atoms. The molecule has 232 valence electrons. The minimum Gasteiger partial charge on any atom is -0.465 e. The lowest BCUT2D eigenvalue weighted by molar-refractivity contribution is -0.120. The van der Waals surface area contributed by atoms with E-state index in [9.17, 15) is 14.0 Å². The molecule has 2 N–H and O–H groups in total. The molecule has 0 radical (unpaired) electrons. The number of methoxy groups -OCH3 is 1. The van der Waals surface area contributed by atoms with Crippen LogP contribution >= 0.6 is 11.6 Å². The molecule has 2 saturated heterocycles. The van der Waals surface area contributed by atoms with Gasteiger partial charge in [-0.15, -0.1) is 0 Å². The monoisotopic (exact) mass is 624 g/mol. The van der Waals surface area contributed by atoms with Gasteiger partial charge in [0.25, 0.3) is 5.79 Å². The zero-order valence-electron chi connectivity index (χ0n) is 24.5. The molecule has 3 aliphatic rings. The molecule has 4 atom stereocenters. The van der Waals surface area contributed by atoms with Gasteiger partial charge in [0, 0.05) is 36.6 Å². The maximum atomic E-state index is 14.8. The van der Waals surface area contributed by atoms with Crippen molar-refractivity contribution in [1.29, 1.82) is 0 Å². The summed E-state index contributed by atoms with van der Waals surface area (Å²) < 4.78 is 43.6. The predicted octanol–water partition coefficient (Wildman–Crippen LogP) is 6.40. The quantitative estimate of drug-likeness (QED) is 0.264. The number of nitrogens with one attached hydrogen (secondary N) is 2. The molecular weight excluding hydrogens is 591 g/mol. The molecule has 0 spiro atoms. The summed E-state index contributed by atoms with van der Waals surface area (Å²) in [5.74, 6) is -1.38. The Morgan fingerprint density at radius 2 is 1.86 bits per heavy atom. The van der Waals surface area contributed by atoms with Crippen molar-refractivity contribution in [3.05, 3.63) is 82.1 Å². The number of amides is 1. The summed E-state index contributed by atoms with van der Waals surface area (Å²) in [6.45, 7) is 3.37. The molecule has 3 aromatic carbocycles. The Balaban J connectivity index is 1.07. The first-order chi connectivity index (χ1) is 21.2. The minimum atomic E-state index is -1.34. The zero-order valence-corrected chi connectivity index (χ0v) is 25.2. The van der Waals surface area contributed by atoms with Gasteiger partial charge < -0.3 is 34.3 Å². The number of esters is 1. The van der Waals surface area contributed by atoms with E-state index in [1.54, 1.807) is 43.3 Å². The highest BCUT2D eigenvalue weighted by atomic mass is 35.5. The number of benzene rings is 3. The van der Waals surface area contributed by atoms with Crippen molar-refractivity contribution in [2.75, 3.05) is 37.5 Å². The van der Waals surface area contributed by atoms with Crippen LogP contribution in [0.1, 0.15) is 60.0 Å². The van der Waals surface area contributed by atoms with E-state index >= 15 is 0 Å². The molecule has 3 aliphatic heterocycles. The Morgan fingerprint density at radius 1 is 1.02 bits per heavy atom. The van der Waals surface area contributed by atoms with Crippen LogP contribution in [-0.4, -0.2) is 51.0 Å². The highest BCUT2D eigenvalue weighted by Gasteiger charge is 2.43. The van der Waals surface area contributed by atoms with E-state index < -0.39 is 17.6 Å². The molecule has 3 heterocycles. The van der Waals surface area contributed by atoms with E-state index in [4.69, 9.17) is 35.3 Å². The average Bonchev–Trinajstić information content (AvgIpc) is 3.34. The number of anilines is 2. The van der Waals surface area contributed by atoms with E-state index in [2.05, 4.69) is 10.6 Å². The molecule has 3 unspecified atom stereocenters. The van der Waals surface area contributed by atoms with Gasteiger partial charge in [-0.05, 0) is 61.7 Å². The number of rotatable bonds is 9.